The van der Waals surface area contributed by atoms with Crippen LogP contribution in [0, 0.1) is 0 Å². The average Bonchev–Trinajstić information content (AvgIpc) is 2.60. The van der Waals surface area contributed by atoms with E-state index in [0.29, 0.717) is 6.54 Å². The van der Waals surface area contributed by atoms with Crippen LogP contribution < -0.4 is 11.4 Å². The largest absolute Gasteiger partial charge is 0.399 e. The van der Waals surface area contributed by atoms with Gasteiger partial charge in [-0.3, -0.25) is 4.57 Å². The Morgan fingerprint density at radius 3 is 2.56 bits per heavy atom. The van der Waals surface area contributed by atoms with E-state index < -0.39 is 0 Å². The fourth-order valence-corrected chi connectivity index (χ4v) is 1.49. The van der Waals surface area contributed by atoms with Crippen molar-refractivity contribution in [3.8, 4) is 0 Å². The minimum absolute atomic E-state index is 0.0876. The molecule has 0 saturated heterocycles. The van der Waals surface area contributed by atoms with Crippen LogP contribution in [0.15, 0.2) is 35.4 Å². The predicted octanol–water partition coefficient (Wildman–Crippen LogP) is 0.407. The van der Waals surface area contributed by atoms with E-state index in [0.717, 1.165) is 17.7 Å². The Labute approximate surface area is 93.1 Å². The number of rotatable bonds is 3. The highest BCUT2D eigenvalue weighted by Gasteiger charge is 2.01. The maximum absolute atomic E-state index is 11.5. The average molecular weight is 218 g/mol. The fourth-order valence-electron chi connectivity index (χ4n) is 1.49. The topological polar surface area (TPSA) is 65.8 Å². The van der Waals surface area contributed by atoms with Crippen molar-refractivity contribution < 1.29 is 0 Å². The zero-order valence-corrected chi connectivity index (χ0v) is 9.13. The van der Waals surface area contributed by atoms with Crippen LogP contribution in [0.1, 0.15) is 5.56 Å². The van der Waals surface area contributed by atoms with E-state index in [1.165, 1.54) is 15.6 Å². The van der Waals surface area contributed by atoms with Gasteiger partial charge in [-0.1, -0.05) is 12.1 Å². The molecule has 0 spiro atoms. The molecule has 0 unspecified atom stereocenters. The van der Waals surface area contributed by atoms with Crippen molar-refractivity contribution in [2.75, 3.05) is 5.73 Å². The summed E-state index contributed by atoms with van der Waals surface area (Å²) in [6, 6.07) is 7.64. The number of hydrogen-bond donors (Lipinski definition) is 1. The molecule has 0 fully saturated rings. The number of anilines is 1. The van der Waals surface area contributed by atoms with E-state index in [4.69, 9.17) is 5.73 Å². The molecule has 0 aliphatic carbocycles. The summed E-state index contributed by atoms with van der Waals surface area (Å²) in [5.41, 5.74) is 7.40. The van der Waals surface area contributed by atoms with Gasteiger partial charge in [0, 0.05) is 12.7 Å². The van der Waals surface area contributed by atoms with Crippen LogP contribution in [0.5, 0.6) is 0 Å². The normalized spacial score (nSPS) is 10.6. The van der Waals surface area contributed by atoms with Crippen molar-refractivity contribution in [1.82, 2.24) is 14.3 Å². The molecule has 0 aliphatic rings. The first-order valence-electron chi connectivity index (χ1n) is 5.09. The number of benzene rings is 1. The van der Waals surface area contributed by atoms with Crippen LogP contribution in [0.4, 0.5) is 5.69 Å². The highest BCUT2D eigenvalue weighted by molar-refractivity contribution is 5.39. The minimum Gasteiger partial charge on any atom is -0.399 e. The number of nitrogens with two attached hydrogens (primary N) is 1. The molecule has 0 amide bonds. The molecule has 84 valence electrons. The summed E-state index contributed by atoms with van der Waals surface area (Å²) < 4.78 is 2.92. The molecule has 16 heavy (non-hydrogen) atoms. The van der Waals surface area contributed by atoms with Gasteiger partial charge < -0.3 is 5.73 Å². The first-order chi connectivity index (χ1) is 7.66. The molecule has 0 radical (unpaired) electrons. The van der Waals surface area contributed by atoms with Crippen LogP contribution in [-0.2, 0) is 20.0 Å². The summed E-state index contributed by atoms with van der Waals surface area (Å²) in [5.74, 6) is 0. The zero-order valence-electron chi connectivity index (χ0n) is 9.13. The van der Waals surface area contributed by atoms with Crippen molar-refractivity contribution in [2.45, 2.75) is 13.0 Å². The Kier molecular flexibility index (Phi) is 2.76. The number of hydrogen-bond acceptors (Lipinski definition) is 3. The van der Waals surface area contributed by atoms with Crippen LogP contribution >= 0.6 is 0 Å². The van der Waals surface area contributed by atoms with E-state index >= 15 is 0 Å². The molecule has 1 aromatic carbocycles. The third-order valence-electron chi connectivity index (χ3n) is 2.48. The molecule has 0 atom stereocenters. The van der Waals surface area contributed by atoms with Gasteiger partial charge in [0.1, 0.15) is 6.33 Å². The summed E-state index contributed by atoms with van der Waals surface area (Å²) in [7, 11) is 1.69. The van der Waals surface area contributed by atoms with Gasteiger partial charge in [-0.25, -0.2) is 9.48 Å². The molecule has 5 nitrogen and oxygen atoms in total. The van der Waals surface area contributed by atoms with Gasteiger partial charge in [-0.2, -0.15) is 5.10 Å². The van der Waals surface area contributed by atoms with Gasteiger partial charge in [-0.15, -0.1) is 0 Å². The quantitative estimate of drug-likeness (QED) is 0.759. The van der Waals surface area contributed by atoms with Crippen molar-refractivity contribution in [3.63, 3.8) is 0 Å². The van der Waals surface area contributed by atoms with E-state index in [9.17, 15) is 4.79 Å². The third kappa shape index (κ3) is 2.13. The first-order valence-corrected chi connectivity index (χ1v) is 5.09. The summed E-state index contributed by atoms with van der Waals surface area (Å²) in [4.78, 5) is 11.5. The van der Waals surface area contributed by atoms with E-state index in [1.807, 2.05) is 24.3 Å². The Bertz CT molecular complexity index is 524. The Morgan fingerprint density at radius 2 is 2.00 bits per heavy atom. The van der Waals surface area contributed by atoms with Crippen molar-refractivity contribution in [1.29, 1.82) is 0 Å². The van der Waals surface area contributed by atoms with Gasteiger partial charge in [0.2, 0.25) is 0 Å². The molecular formula is C11H14N4O. The molecule has 0 aliphatic heterocycles. The molecule has 0 bridgehead atoms. The smallest absolute Gasteiger partial charge is 0.345 e. The lowest BCUT2D eigenvalue weighted by Crippen LogP contribution is -2.23. The van der Waals surface area contributed by atoms with Crippen molar-refractivity contribution in [3.05, 3.63) is 46.6 Å². The van der Waals surface area contributed by atoms with Crippen LogP contribution in [0.2, 0.25) is 0 Å². The first kappa shape index (κ1) is 10.5. The standard InChI is InChI=1S/C11H14N4O/c1-14-8-13-15(11(14)16)7-6-9-2-4-10(12)5-3-9/h2-5,8H,6-7,12H2,1H3. The molecule has 1 heterocycles. The van der Waals surface area contributed by atoms with Gasteiger partial charge in [-0.05, 0) is 24.1 Å². The highest BCUT2D eigenvalue weighted by Crippen LogP contribution is 2.06. The molecule has 2 rings (SSSR count). The van der Waals surface area contributed by atoms with Crippen molar-refractivity contribution >= 4 is 5.69 Å². The predicted molar refractivity (Wildman–Crippen MR) is 62.0 cm³/mol. The number of nitrogen functional groups attached to an aromatic ring is 1. The second-order valence-corrected chi connectivity index (χ2v) is 3.74. The molecule has 0 saturated carbocycles. The molecule has 2 N–H and O–H groups in total. The summed E-state index contributed by atoms with van der Waals surface area (Å²) in [5, 5.41) is 3.99. The number of aryl methyl sites for hydroxylation is 3. The fraction of sp³-hybridized carbons (Fsp3) is 0.273. The highest BCUT2D eigenvalue weighted by atomic mass is 16.2. The lowest BCUT2D eigenvalue weighted by molar-refractivity contribution is 0.585. The van der Waals surface area contributed by atoms with Gasteiger partial charge in [0.05, 0.1) is 6.54 Å². The summed E-state index contributed by atoms with van der Waals surface area (Å²) in [6.07, 6.45) is 2.29. The minimum atomic E-state index is -0.0876. The van der Waals surface area contributed by atoms with E-state index in [1.54, 1.807) is 7.05 Å². The third-order valence-corrected chi connectivity index (χ3v) is 2.48. The molecular weight excluding hydrogens is 204 g/mol. The van der Waals surface area contributed by atoms with Gasteiger partial charge in [0.15, 0.2) is 0 Å². The molecule has 1 aromatic heterocycles. The number of aromatic nitrogens is 3. The number of nitrogens with zero attached hydrogens (tertiary/aromatic N) is 3. The summed E-state index contributed by atoms with van der Waals surface area (Å²) >= 11 is 0. The molecule has 5 heteroatoms. The maximum atomic E-state index is 11.5. The SMILES string of the molecule is Cn1cnn(CCc2ccc(N)cc2)c1=O. The van der Waals surface area contributed by atoms with E-state index in [-0.39, 0.29) is 5.69 Å². The lowest BCUT2D eigenvalue weighted by atomic mass is 10.1. The van der Waals surface area contributed by atoms with Crippen LogP contribution in [-0.4, -0.2) is 14.3 Å². The van der Waals surface area contributed by atoms with Gasteiger partial charge in [0.25, 0.3) is 0 Å². The summed E-state index contributed by atoms with van der Waals surface area (Å²) in [6.45, 7) is 0.587. The maximum Gasteiger partial charge on any atom is 0.345 e. The Balaban J connectivity index is 2.05. The van der Waals surface area contributed by atoms with E-state index in [2.05, 4.69) is 5.10 Å². The van der Waals surface area contributed by atoms with Crippen LogP contribution in [0.3, 0.4) is 0 Å². The Hall–Kier alpha value is -2.04. The second-order valence-electron chi connectivity index (χ2n) is 3.74. The second kappa shape index (κ2) is 4.22. The Morgan fingerprint density at radius 1 is 1.31 bits per heavy atom. The van der Waals surface area contributed by atoms with Crippen molar-refractivity contribution in [2.24, 2.45) is 7.05 Å². The zero-order chi connectivity index (χ0) is 11.5. The van der Waals surface area contributed by atoms with Gasteiger partial charge >= 0.3 is 5.69 Å². The van der Waals surface area contributed by atoms with Crippen LogP contribution in [0.25, 0.3) is 0 Å². The lowest BCUT2D eigenvalue weighted by Gasteiger charge is -2.01. The molecule has 2 aromatic rings. The monoisotopic (exact) mass is 218 g/mol.